The fourth-order valence-electron chi connectivity index (χ4n) is 2.62. The van der Waals surface area contributed by atoms with Gasteiger partial charge in [-0.2, -0.15) is 4.98 Å². The number of nitrogens with one attached hydrogen (secondary N) is 2. The van der Waals surface area contributed by atoms with Gasteiger partial charge in [0, 0.05) is 30.2 Å². The molecule has 10 heteroatoms. The van der Waals surface area contributed by atoms with Crippen molar-refractivity contribution in [3.8, 4) is 0 Å². The highest BCUT2D eigenvalue weighted by Crippen LogP contribution is 2.25. The van der Waals surface area contributed by atoms with E-state index in [9.17, 15) is 9.59 Å². The van der Waals surface area contributed by atoms with E-state index in [0.717, 1.165) is 15.3 Å². The van der Waals surface area contributed by atoms with E-state index in [2.05, 4.69) is 30.4 Å². The Hall–Kier alpha value is -3.14. The predicted octanol–water partition coefficient (Wildman–Crippen LogP) is 1.01. The third-order valence-electron chi connectivity index (χ3n) is 4.06. The first-order valence-corrected chi connectivity index (χ1v) is 8.79. The van der Waals surface area contributed by atoms with Crippen LogP contribution in [0.1, 0.15) is 26.9 Å². The Morgan fingerprint density at radius 3 is 3.00 bits per heavy atom. The number of amides is 1. The molecule has 4 aromatic rings. The molecule has 0 fully saturated rings. The van der Waals surface area contributed by atoms with E-state index in [1.807, 2.05) is 13.8 Å². The van der Waals surface area contributed by atoms with Gasteiger partial charge in [0.05, 0.1) is 5.39 Å². The maximum absolute atomic E-state index is 12.2. The Balaban J connectivity index is 1.46. The number of fused-ring (bicyclic) bond motifs is 2. The lowest BCUT2D eigenvalue weighted by Gasteiger charge is -2.03. The summed E-state index contributed by atoms with van der Waals surface area (Å²) in [6.07, 6.45) is 3.65. The van der Waals surface area contributed by atoms with Crippen LogP contribution in [0.15, 0.2) is 23.3 Å². The molecule has 0 aliphatic heterocycles. The van der Waals surface area contributed by atoms with E-state index in [1.54, 1.807) is 18.5 Å². The molecule has 4 aromatic heterocycles. The summed E-state index contributed by atoms with van der Waals surface area (Å²) < 4.78 is 1.43. The monoisotopic (exact) mass is 369 g/mol. The lowest BCUT2D eigenvalue weighted by Crippen LogP contribution is -2.27. The number of hydrogen-bond donors (Lipinski definition) is 2. The Morgan fingerprint density at radius 2 is 2.19 bits per heavy atom. The van der Waals surface area contributed by atoms with Crippen LogP contribution in [-0.4, -0.2) is 42.0 Å². The third-order valence-corrected chi connectivity index (χ3v) is 5.16. The van der Waals surface area contributed by atoms with Gasteiger partial charge >= 0.3 is 0 Å². The van der Waals surface area contributed by atoms with Crippen molar-refractivity contribution >= 4 is 33.2 Å². The van der Waals surface area contributed by atoms with E-state index in [-0.39, 0.29) is 11.4 Å². The standard InChI is InChI=1S/C16H15N7O2S/c1-8-9(2)26-15-11(8)13(24)19-10(20-15)4-6-17-14(25)12-21-16-18-5-3-7-23(16)22-12/h3,5,7H,4,6H2,1-2H3,(H,17,25)(H,19,20,24). The molecule has 0 unspecified atom stereocenters. The lowest BCUT2D eigenvalue weighted by atomic mass is 10.2. The van der Waals surface area contributed by atoms with E-state index >= 15 is 0 Å². The summed E-state index contributed by atoms with van der Waals surface area (Å²) in [4.78, 5) is 41.6. The number of aromatic nitrogens is 6. The van der Waals surface area contributed by atoms with Crippen molar-refractivity contribution in [2.75, 3.05) is 6.54 Å². The molecule has 0 saturated heterocycles. The molecule has 2 N–H and O–H groups in total. The van der Waals surface area contributed by atoms with Gasteiger partial charge in [-0.1, -0.05) is 0 Å². The third kappa shape index (κ3) is 2.84. The van der Waals surface area contributed by atoms with E-state index < -0.39 is 5.91 Å². The summed E-state index contributed by atoms with van der Waals surface area (Å²) in [6.45, 7) is 4.19. The van der Waals surface area contributed by atoms with E-state index in [4.69, 9.17) is 0 Å². The molecular weight excluding hydrogens is 354 g/mol. The van der Waals surface area contributed by atoms with Gasteiger partial charge in [-0.25, -0.2) is 14.5 Å². The number of H-pyrrole nitrogens is 1. The van der Waals surface area contributed by atoms with Crippen LogP contribution in [0.4, 0.5) is 0 Å². The van der Waals surface area contributed by atoms with Crippen LogP contribution in [0.2, 0.25) is 0 Å². The molecule has 0 radical (unpaired) electrons. The second kappa shape index (κ2) is 6.30. The van der Waals surface area contributed by atoms with Crippen molar-refractivity contribution in [3.05, 3.63) is 50.9 Å². The van der Waals surface area contributed by atoms with Crippen molar-refractivity contribution in [1.82, 2.24) is 34.9 Å². The molecule has 0 aliphatic carbocycles. The van der Waals surface area contributed by atoms with Crippen LogP contribution in [0.25, 0.3) is 16.0 Å². The first kappa shape index (κ1) is 16.3. The molecule has 4 heterocycles. The topological polar surface area (TPSA) is 118 Å². The van der Waals surface area contributed by atoms with Crippen molar-refractivity contribution in [2.24, 2.45) is 0 Å². The first-order valence-electron chi connectivity index (χ1n) is 7.97. The van der Waals surface area contributed by atoms with Gasteiger partial charge in [0.15, 0.2) is 0 Å². The minimum Gasteiger partial charge on any atom is -0.349 e. The summed E-state index contributed by atoms with van der Waals surface area (Å²) in [5.74, 6) is 0.540. The molecule has 4 rings (SSSR count). The molecule has 0 aliphatic rings. The molecule has 0 aromatic carbocycles. The maximum atomic E-state index is 12.2. The predicted molar refractivity (Wildman–Crippen MR) is 96.5 cm³/mol. The van der Waals surface area contributed by atoms with Gasteiger partial charge < -0.3 is 10.3 Å². The highest BCUT2D eigenvalue weighted by atomic mass is 32.1. The van der Waals surface area contributed by atoms with Crippen LogP contribution in [0.3, 0.4) is 0 Å². The Bertz CT molecular complexity index is 1160. The molecule has 1 amide bonds. The second-order valence-corrected chi connectivity index (χ2v) is 6.98. The van der Waals surface area contributed by atoms with E-state index in [1.165, 1.54) is 15.9 Å². The molecule has 26 heavy (non-hydrogen) atoms. The molecule has 0 bridgehead atoms. The largest absolute Gasteiger partial charge is 0.349 e. The number of hydrogen-bond acceptors (Lipinski definition) is 7. The van der Waals surface area contributed by atoms with Crippen LogP contribution >= 0.6 is 11.3 Å². The zero-order valence-corrected chi connectivity index (χ0v) is 14.9. The summed E-state index contributed by atoms with van der Waals surface area (Å²) in [5.41, 5.74) is 0.816. The van der Waals surface area contributed by atoms with Crippen molar-refractivity contribution < 1.29 is 4.79 Å². The van der Waals surface area contributed by atoms with E-state index in [0.29, 0.717) is 30.0 Å². The van der Waals surface area contributed by atoms with Crippen molar-refractivity contribution in [2.45, 2.75) is 20.3 Å². The zero-order valence-electron chi connectivity index (χ0n) is 14.1. The number of carbonyl (C=O) groups excluding carboxylic acids is 1. The maximum Gasteiger partial charge on any atom is 0.291 e. The van der Waals surface area contributed by atoms with Gasteiger partial charge in [-0.3, -0.25) is 9.59 Å². The zero-order chi connectivity index (χ0) is 18.3. The Kier molecular flexibility index (Phi) is 3.96. The highest BCUT2D eigenvalue weighted by molar-refractivity contribution is 7.18. The molecule has 0 atom stereocenters. The Labute approximate surface area is 151 Å². The molecule has 132 valence electrons. The number of aromatic amines is 1. The quantitative estimate of drug-likeness (QED) is 0.554. The summed E-state index contributed by atoms with van der Waals surface area (Å²) in [6, 6.07) is 1.70. The number of thiophene rings is 1. The van der Waals surface area contributed by atoms with Gasteiger partial charge in [-0.15, -0.1) is 16.4 Å². The van der Waals surface area contributed by atoms with Crippen LogP contribution < -0.4 is 10.9 Å². The van der Waals surface area contributed by atoms with Crippen molar-refractivity contribution in [3.63, 3.8) is 0 Å². The lowest BCUT2D eigenvalue weighted by molar-refractivity contribution is 0.0944. The second-order valence-electron chi connectivity index (χ2n) is 5.78. The van der Waals surface area contributed by atoms with Gasteiger partial charge in [-0.05, 0) is 25.5 Å². The first-order chi connectivity index (χ1) is 12.5. The number of nitrogens with zero attached hydrogens (tertiary/aromatic N) is 5. The number of aryl methyl sites for hydroxylation is 2. The highest BCUT2D eigenvalue weighted by Gasteiger charge is 2.14. The average molecular weight is 369 g/mol. The van der Waals surface area contributed by atoms with Crippen molar-refractivity contribution in [1.29, 1.82) is 0 Å². The number of carbonyl (C=O) groups is 1. The van der Waals surface area contributed by atoms with Gasteiger partial charge in [0.2, 0.25) is 5.82 Å². The Morgan fingerprint density at radius 1 is 1.35 bits per heavy atom. The fourth-order valence-corrected chi connectivity index (χ4v) is 3.67. The fraction of sp³-hybridized carbons (Fsp3) is 0.250. The summed E-state index contributed by atoms with van der Waals surface area (Å²) >= 11 is 1.50. The minimum atomic E-state index is -0.401. The van der Waals surface area contributed by atoms with Crippen LogP contribution in [-0.2, 0) is 6.42 Å². The number of rotatable bonds is 4. The molecule has 0 spiro atoms. The smallest absolute Gasteiger partial charge is 0.291 e. The van der Waals surface area contributed by atoms with Crippen LogP contribution in [0.5, 0.6) is 0 Å². The van der Waals surface area contributed by atoms with Gasteiger partial charge in [0.1, 0.15) is 10.7 Å². The molecule has 0 saturated carbocycles. The summed E-state index contributed by atoms with van der Waals surface area (Å²) in [5, 5.41) is 7.43. The normalized spacial score (nSPS) is 11.3. The SMILES string of the molecule is Cc1sc2nc(CCNC(=O)c3nc4ncccn4n3)[nH]c(=O)c2c1C. The van der Waals surface area contributed by atoms with Crippen LogP contribution in [0, 0.1) is 13.8 Å². The average Bonchev–Trinajstić information content (AvgIpc) is 3.16. The summed E-state index contributed by atoms with van der Waals surface area (Å²) in [7, 11) is 0. The molecular formula is C16H15N7O2S. The minimum absolute atomic E-state index is 0.0464. The van der Waals surface area contributed by atoms with Gasteiger partial charge in [0.25, 0.3) is 17.2 Å². The molecule has 9 nitrogen and oxygen atoms in total.